The Hall–Kier alpha value is -1.18. The predicted octanol–water partition coefficient (Wildman–Crippen LogP) is 0.817. The fourth-order valence-electron chi connectivity index (χ4n) is 1.93. The highest BCUT2D eigenvalue weighted by Gasteiger charge is 2.32. The highest BCUT2D eigenvalue weighted by Crippen LogP contribution is 2.25. The molecule has 100 valence electrons. The summed E-state index contributed by atoms with van der Waals surface area (Å²) < 4.78 is 44.4. The Labute approximate surface area is 105 Å². The second-order valence-electron chi connectivity index (χ2n) is 4.22. The molecule has 1 fully saturated rings. The summed E-state index contributed by atoms with van der Waals surface area (Å²) in [5.41, 5.74) is 5.67. The molecular weight excluding hydrogens is 259 g/mol. The Morgan fingerprint density at radius 1 is 1.50 bits per heavy atom. The van der Waals surface area contributed by atoms with Crippen molar-refractivity contribution < 1.29 is 17.5 Å². The minimum Gasteiger partial charge on any atom is -0.398 e. The first kappa shape index (κ1) is 13.3. The van der Waals surface area contributed by atoms with Gasteiger partial charge in [0.15, 0.2) is 0 Å². The monoisotopic (exact) mass is 274 g/mol. The van der Waals surface area contributed by atoms with Crippen molar-refractivity contribution >= 4 is 15.7 Å². The molecule has 18 heavy (non-hydrogen) atoms. The van der Waals surface area contributed by atoms with Crippen LogP contribution in [0.3, 0.4) is 0 Å². The Morgan fingerprint density at radius 3 is 2.89 bits per heavy atom. The van der Waals surface area contributed by atoms with Crippen LogP contribution in [0.2, 0.25) is 0 Å². The van der Waals surface area contributed by atoms with Gasteiger partial charge in [-0.1, -0.05) is 0 Å². The molecule has 7 heteroatoms. The van der Waals surface area contributed by atoms with Gasteiger partial charge in [0.05, 0.1) is 18.9 Å². The molecule has 5 nitrogen and oxygen atoms in total. The van der Waals surface area contributed by atoms with Crippen LogP contribution in [0.4, 0.5) is 10.1 Å². The number of nitrogens with zero attached hydrogens (tertiary/aromatic N) is 1. The van der Waals surface area contributed by atoms with E-state index in [4.69, 9.17) is 10.5 Å². The summed E-state index contributed by atoms with van der Waals surface area (Å²) in [7, 11) is -3.78. The van der Waals surface area contributed by atoms with Gasteiger partial charge in [0.1, 0.15) is 10.7 Å². The van der Waals surface area contributed by atoms with E-state index in [0.29, 0.717) is 13.2 Å². The molecule has 1 atom stereocenters. The van der Waals surface area contributed by atoms with E-state index in [1.165, 1.54) is 10.4 Å². The number of ether oxygens (including phenoxy) is 1. The van der Waals surface area contributed by atoms with E-state index < -0.39 is 15.8 Å². The van der Waals surface area contributed by atoms with Gasteiger partial charge in [0.25, 0.3) is 0 Å². The molecular formula is C11H15FN2O3S. The number of nitrogen functional groups attached to an aromatic ring is 1. The van der Waals surface area contributed by atoms with Crippen molar-refractivity contribution in [2.75, 3.05) is 25.5 Å². The number of anilines is 1. The van der Waals surface area contributed by atoms with E-state index in [2.05, 4.69) is 0 Å². The molecule has 1 unspecified atom stereocenters. The summed E-state index contributed by atoms with van der Waals surface area (Å²) in [4.78, 5) is -0.184. The number of benzene rings is 1. The van der Waals surface area contributed by atoms with Crippen LogP contribution < -0.4 is 5.73 Å². The van der Waals surface area contributed by atoms with Crippen molar-refractivity contribution in [2.24, 2.45) is 0 Å². The highest BCUT2D eigenvalue weighted by molar-refractivity contribution is 7.89. The van der Waals surface area contributed by atoms with Crippen LogP contribution in [0.1, 0.15) is 6.92 Å². The number of hydrogen-bond acceptors (Lipinski definition) is 4. The lowest BCUT2D eigenvalue weighted by Crippen LogP contribution is -2.47. The van der Waals surface area contributed by atoms with Gasteiger partial charge >= 0.3 is 0 Å². The topological polar surface area (TPSA) is 72.6 Å². The second kappa shape index (κ2) is 4.83. The standard InChI is InChI=1S/C11H15FN2O3S/c1-8-7-17-5-4-14(8)18(15,16)11-6-9(12)2-3-10(11)13/h2-3,6,8H,4-5,7,13H2,1H3. The molecule has 1 aliphatic rings. The molecule has 0 radical (unpaired) electrons. The van der Waals surface area contributed by atoms with Crippen LogP contribution in [-0.4, -0.2) is 38.5 Å². The summed E-state index contributed by atoms with van der Waals surface area (Å²) in [5.74, 6) is -0.622. The van der Waals surface area contributed by atoms with E-state index in [9.17, 15) is 12.8 Å². The van der Waals surface area contributed by atoms with Crippen molar-refractivity contribution in [3.8, 4) is 0 Å². The largest absolute Gasteiger partial charge is 0.398 e. The zero-order valence-corrected chi connectivity index (χ0v) is 10.8. The molecule has 0 amide bonds. The maximum atomic E-state index is 13.2. The minimum atomic E-state index is -3.78. The van der Waals surface area contributed by atoms with Crippen LogP contribution in [-0.2, 0) is 14.8 Å². The van der Waals surface area contributed by atoms with E-state index in [1.54, 1.807) is 6.92 Å². The third-order valence-electron chi connectivity index (χ3n) is 2.87. The highest BCUT2D eigenvalue weighted by atomic mass is 32.2. The molecule has 1 saturated heterocycles. The lowest BCUT2D eigenvalue weighted by Gasteiger charge is -2.32. The predicted molar refractivity (Wildman–Crippen MR) is 65.0 cm³/mol. The van der Waals surface area contributed by atoms with E-state index in [0.717, 1.165) is 12.1 Å². The van der Waals surface area contributed by atoms with Gasteiger partial charge in [0, 0.05) is 12.6 Å². The maximum absolute atomic E-state index is 13.2. The van der Waals surface area contributed by atoms with Crippen LogP contribution >= 0.6 is 0 Å². The average Bonchev–Trinajstić information content (AvgIpc) is 2.32. The van der Waals surface area contributed by atoms with Gasteiger partial charge in [-0.3, -0.25) is 0 Å². The first-order valence-corrected chi connectivity index (χ1v) is 7.01. The van der Waals surface area contributed by atoms with E-state index in [-0.39, 0.29) is 23.2 Å². The van der Waals surface area contributed by atoms with Gasteiger partial charge in [-0.15, -0.1) is 0 Å². The smallest absolute Gasteiger partial charge is 0.245 e. The van der Waals surface area contributed by atoms with E-state index in [1.807, 2.05) is 0 Å². The number of hydrogen-bond donors (Lipinski definition) is 1. The molecule has 1 aliphatic heterocycles. The molecule has 1 heterocycles. The molecule has 0 saturated carbocycles. The van der Waals surface area contributed by atoms with Crippen LogP contribution in [0, 0.1) is 5.82 Å². The molecule has 0 bridgehead atoms. The Balaban J connectivity index is 2.44. The zero-order valence-electron chi connectivity index (χ0n) is 9.97. The summed E-state index contributed by atoms with van der Waals surface area (Å²) in [6, 6.07) is 3.06. The lowest BCUT2D eigenvalue weighted by atomic mass is 10.3. The van der Waals surface area contributed by atoms with Gasteiger partial charge < -0.3 is 10.5 Å². The van der Waals surface area contributed by atoms with Crippen LogP contribution in [0.15, 0.2) is 23.1 Å². The maximum Gasteiger partial charge on any atom is 0.245 e. The number of nitrogens with two attached hydrogens (primary N) is 1. The van der Waals surface area contributed by atoms with Crippen molar-refractivity contribution in [2.45, 2.75) is 17.9 Å². The van der Waals surface area contributed by atoms with Crippen LogP contribution in [0.25, 0.3) is 0 Å². The fourth-order valence-corrected chi connectivity index (χ4v) is 3.66. The van der Waals surface area contributed by atoms with Crippen molar-refractivity contribution in [3.05, 3.63) is 24.0 Å². The Morgan fingerprint density at radius 2 is 2.22 bits per heavy atom. The normalized spacial score (nSPS) is 22.0. The zero-order chi connectivity index (χ0) is 13.3. The number of rotatable bonds is 2. The fraction of sp³-hybridized carbons (Fsp3) is 0.455. The van der Waals surface area contributed by atoms with Crippen molar-refractivity contribution in [1.29, 1.82) is 0 Å². The molecule has 1 aromatic rings. The van der Waals surface area contributed by atoms with Gasteiger partial charge in [-0.05, 0) is 25.1 Å². The van der Waals surface area contributed by atoms with E-state index >= 15 is 0 Å². The molecule has 2 N–H and O–H groups in total. The number of sulfonamides is 1. The number of morpholine rings is 1. The molecule has 0 aromatic heterocycles. The molecule has 1 aromatic carbocycles. The number of halogens is 1. The second-order valence-corrected chi connectivity index (χ2v) is 6.08. The Kier molecular flexibility index (Phi) is 3.56. The Bertz CT molecular complexity index is 547. The summed E-state index contributed by atoms with van der Waals surface area (Å²) in [5, 5.41) is 0. The third kappa shape index (κ3) is 2.33. The molecule has 0 spiro atoms. The SMILES string of the molecule is CC1COCCN1S(=O)(=O)c1cc(F)ccc1N. The van der Waals surface area contributed by atoms with Gasteiger partial charge in [-0.2, -0.15) is 4.31 Å². The third-order valence-corrected chi connectivity index (χ3v) is 4.94. The van der Waals surface area contributed by atoms with Gasteiger partial charge in [0.2, 0.25) is 10.0 Å². The first-order valence-electron chi connectivity index (χ1n) is 5.57. The summed E-state index contributed by atoms with van der Waals surface area (Å²) in [6.45, 7) is 2.65. The minimum absolute atomic E-state index is 0.0510. The molecule has 2 rings (SSSR count). The summed E-state index contributed by atoms with van der Waals surface area (Å²) >= 11 is 0. The van der Waals surface area contributed by atoms with Crippen molar-refractivity contribution in [1.82, 2.24) is 4.31 Å². The first-order chi connectivity index (χ1) is 8.43. The van der Waals surface area contributed by atoms with Gasteiger partial charge in [-0.25, -0.2) is 12.8 Å². The lowest BCUT2D eigenvalue weighted by molar-refractivity contribution is 0.0393. The van der Waals surface area contributed by atoms with Crippen molar-refractivity contribution in [3.63, 3.8) is 0 Å². The quantitative estimate of drug-likeness (QED) is 0.810. The molecule has 0 aliphatic carbocycles. The van der Waals surface area contributed by atoms with Crippen LogP contribution in [0.5, 0.6) is 0 Å². The summed E-state index contributed by atoms with van der Waals surface area (Å²) in [6.07, 6.45) is 0. The average molecular weight is 274 g/mol.